The van der Waals surface area contributed by atoms with Crippen molar-refractivity contribution in [2.24, 2.45) is 11.8 Å². The number of hydrogen-bond donors (Lipinski definition) is 2. The van der Waals surface area contributed by atoms with Gasteiger partial charge in [-0.05, 0) is 92.7 Å². The van der Waals surface area contributed by atoms with Gasteiger partial charge in [-0.2, -0.15) is 14.7 Å². The first kappa shape index (κ1) is 39.3. The summed E-state index contributed by atoms with van der Waals surface area (Å²) in [5.74, 6) is 1.64. The van der Waals surface area contributed by atoms with E-state index in [0.717, 1.165) is 119 Å². The number of methoxy groups -OCH3 is 1. The van der Waals surface area contributed by atoms with E-state index in [1.807, 2.05) is 42.6 Å². The van der Waals surface area contributed by atoms with Crippen LogP contribution in [0.1, 0.15) is 77.6 Å². The van der Waals surface area contributed by atoms with E-state index in [-0.39, 0.29) is 36.1 Å². The second-order valence-electron chi connectivity index (χ2n) is 17.6. The van der Waals surface area contributed by atoms with E-state index >= 15 is 0 Å². The summed E-state index contributed by atoms with van der Waals surface area (Å²) in [4.78, 5) is 64.8. The number of carbonyl (C=O) groups is 4. The smallest absolute Gasteiger partial charge is 0.255 e. The molecule has 16 heteroatoms. The lowest BCUT2D eigenvalue weighted by molar-refractivity contribution is -0.136. The predicted octanol–water partition coefficient (Wildman–Crippen LogP) is 3.66. The molecule has 318 valence electrons. The minimum absolute atomic E-state index is 0.117. The molecule has 1 unspecified atom stereocenters. The molecular formula is C45H53N11O5. The van der Waals surface area contributed by atoms with E-state index in [2.05, 4.69) is 41.5 Å². The Hall–Kier alpha value is -5.87. The Labute approximate surface area is 354 Å². The molecule has 0 bridgehead atoms. The maximum Gasteiger partial charge on any atom is 0.255 e. The number of piperidine rings is 2. The van der Waals surface area contributed by atoms with Gasteiger partial charge in [0, 0.05) is 106 Å². The summed E-state index contributed by atoms with van der Waals surface area (Å²) in [7, 11) is 1.59. The van der Waals surface area contributed by atoms with Crippen LogP contribution in [-0.4, -0.2) is 134 Å². The quantitative estimate of drug-likeness (QED) is 0.198. The monoisotopic (exact) mass is 827 g/mol. The number of aromatic nitrogens is 5. The van der Waals surface area contributed by atoms with Crippen molar-refractivity contribution >= 4 is 45.9 Å². The van der Waals surface area contributed by atoms with Crippen molar-refractivity contribution in [1.29, 1.82) is 0 Å². The molecule has 3 saturated heterocycles. The van der Waals surface area contributed by atoms with Gasteiger partial charge in [0.15, 0.2) is 11.5 Å². The topological polar surface area (TPSA) is 163 Å². The zero-order valence-corrected chi connectivity index (χ0v) is 34.7. The standard InChI is InChI=1S/C45H53N11O5/c1-61-39-23-37-32(28-55(50-37)42-24-46-40-3-2-14-47-56(40)42)21-36(39)43(58)48-33-7-4-29(5-8-33)25-51-17-19-52(20-18-51)26-30-12-15-53(16-13-30)34-9-6-31-27-54(45(60)35(31)22-34)38-10-11-41(57)49-44(38)59/h2-3,6,9,14,21-24,28-30,33,38H,4-5,7-8,10-13,15-20,25-27H2,1H3,(H,48,58)(H,49,57,59). The molecule has 0 spiro atoms. The molecule has 61 heavy (non-hydrogen) atoms. The minimum atomic E-state index is -0.590. The zero-order chi connectivity index (χ0) is 41.6. The molecule has 10 rings (SSSR count). The summed E-state index contributed by atoms with van der Waals surface area (Å²) in [6.07, 6.45) is 12.4. The fraction of sp³-hybridized carbons (Fsp3) is 0.489. The number of carbonyl (C=O) groups excluding carboxylic acids is 4. The highest BCUT2D eigenvalue weighted by Gasteiger charge is 2.39. The first-order valence-electron chi connectivity index (χ1n) is 21.9. The molecule has 1 atom stereocenters. The van der Waals surface area contributed by atoms with Crippen LogP contribution in [0.25, 0.3) is 22.4 Å². The Morgan fingerprint density at radius 1 is 0.885 bits per heavy atom. The number of ether oxygens (including phenoxy) is 1. The van der Waals surface area contributed by atoms with Gasteiger partial charge >= 0.3 is 0 Å². The number of nitrogens with zero attached hydrogens (tertiary/aromatic N) is 9. The van der Waals surface area contributed by atoms with Crippen molar-refractivity contribution in [2.75, 3.05) is 64.4 Å². The van der Waals surface area contributed by atoms with Crippen LogP contribution >= 0.6 is 0 Å². The van der Waals surface area contributed by atoms with Crippen LogP contribution < -0.4 is 20.3 Å². The average Bonchev–Trinajstić information content (AvgIpc) is 3.99. The zero-order valence-electron chi connectivity index (χ0n) is 34.7. The van der Waals surface area contributed by atoms with Crippen LogP contribution in [0, 0.1) is 11.8 Å². The number of piperazine rings is 1. The predicted molar refractivity (Wildman–Crippen MR) is 228 cm³/mol. The van der Waals surface area contributed by atoms with Crippen molar-refractivity contribution in [3.8, 4) is 11.6 Å². The number of benzene rings is 2. The molecule has 16 nitrogen and oxygen atoms in total. The van der Waals surface area contributed by atoms with Gasteiger partial charge in [0.25, 0.3) is 11.8 Å². The third-order valence-electron chi connectivity index (χ3n) is 13.7. The summed E-state index contributed by atoms with van der Waals surface area (Å²) < 4.78 is 9.13. The molecule has 1 saturated carbocycles. The van der Waals surface area contributed by atoms with Gasteiger partial charge in [-0.3, -0.25) is 24.5 Å². The lowest BCUT2D eigenvalue weighted by atomic mass is 9.85. The molecule has 1 aliphatic carbocycles. The Bertz CT molecular complexity index is 2470. The number of imide groups is 1. The largest absolute Gasteiger partial charge is 0.496 e. The highest BCUT2D eigenvalue weighted by molar-refractivity contribution is 6.06. The summed E-state index contributed by atoms with van der Waals surface area (Å²) in [6.45, 7) is 9.00. The van der Waals surface area contributed by atoms with Crippen molar-refractivity contribution in [3.05, 3.63) is 77.7 Å². The third-order valence-corrected chi connectivity index (χ3v) is 13.7. The Morgan fingerprint density at radius 3 is 2.38 bits per heavy atom. The molecule has 4 aliphatic heterocycles. The summed E-state index contributed by atoms with van der Waals surface area (Å²) in [5.41, 5.74) is 4.65. The van der Waals surface area contributed by atoms with E-state index in [1.54, 1.807) is 33.6 Å². The number of nitrogens with one attached hydrogen (secondary N) is 2. The van der Waals surface area contributed by atoms with Crippen LogP contribution in [0.15, 0.2) is 61.1 Å². The van der Waals surface area contributed by atoms with Gasteiger partial charge < -0.3 is 29.7 Å². The fourth-order valence-electron chi connectivity index (χ4n) is 10.2. The first-order valence-corrected chi connectivity index (χ1v) is 21.9. The molecule has 7 heterocycles. The van der Waals surface area contributed by atoms with Crippen LogP contribution in [0.4, 0.5) is 5.69 Å². The van der Waals surface area contributed by atoms with Gasteiger partial charge in [0.2, 0.25) is 11.8 Å². The number of anilines is 1. The van der Waals surface area contributed by atoms with E-state index < -0.39 is 6.04 Å². The first-order chi connectivity index (χ1) is 29.8. The van der Waals surface area contributed by atoms with Crippen molar-refractivity contribution in [2.45, 2.75) is 70.0 Å². The molecular weight excluding hydrogens is 775 g/mol. The third kappa shape index (κ3) is 7.94. The number of hydrogen-bond acceptors (Lipinski definition) is 11. The lowest BCUT2D eigenvalue weighted by Crippen LogP contribution is -2.52. The fourth-order valence-corrected chi connectivity index (χ4v) is 10.2. The number of amides is 4. The van der Waals surface area contributed by atoms with E-state index in [0.29, 0.717) is 47.5 Å². The Kier molecular flexibility index (Phi) is 10.6. The molecule has 5 aromatic rings. The van der Waals surface area contributed by atoms with Gasteiger partial charge in [0.05, 0.1) is 24.4 Å². The number of rotatable bonds is 10. The van der Waals surface area contributed by atoms with E-state index in [9.17, 15) is 19.2 Å². The van der Waals surface area contributed by atoms with Gasteiger partial charge in [-0.25, -0.2) is 9.67 Å². The van der Waals surface area contributed by atoms with Gasteiger partial charge in [0.1, 0.15) is 11.8 Å². The Balaban J connectivity index is 0.654. The van der Waals surface area contributed by atoms with Gasteiger partial charge in [-0.15, -0.1) is 0 Å². The van der Waals surface area contributed by atoms with E-state index in [1.165, 1.54) is 0 Å². The molecule has 4 fully saturated rings. The van der Waals surface area contributed by atoms with Crippen LogP contribution in [0.5, 0.6) is 5.75 Å². The normalized spacial score (nSPS) is 23.2. The SMILES string of the molecule is COc1cc2nn(-c3cnc4cccnn34)cc2cc1C(=O)NC1CCC(CN2CCN(CC3CCN(c4ccc5c(c4)C(=O)N(C4CCC(=O)NC4=O)C5)CC3)CC2)CC1. The number of imidazole rings is 1. The van der Waals surface area contributed by atoms with Crippen molar-refractivity contribution in [1.82, 2.24) is 49.7 Å². The molecule has 4 amide bonds. The minimum Gasteiger partial charge on any atom is -0.496 e. The summed E-state index contributed by atoms with van der Waals surface area (Å²) >= 11 is 0. The van der Waals surface area contributed by atoms with Crippen molar-refractivity contribution in [3.63, 3.8) is 0 Å². The number of fused-ring (bicyclic) bond motifs is 3. The highest BCUT2D eigenvalue weighted by Crippen LogP contribution is 2.33. The molecule has 5 aliphatic rings. The Morgan fingerprint density at radius 2 is 1.64 bits per heavy atom. The lowest BCUT2D eigenvalue weighted by Gasteiger charge is -2.41. The van der Waals surface area contributed by atoms with Gasteiger partial charge in [-0.1, -0.05) is 6.07 Å². The molecule has 0 radical (unpaired) electrons. The van der Waals surface area contributed by atoms with Crippen LogP contribution in [0.3, 0.4) is 0 Å². The maximum absolute atomic E-state index is 13.6. The molecule has 3 aromatic heterocycles. The van der Waals surface area contributed by atoms with Crippen LogP contribution in [-0.2, 0) is 16.1 Å². The summed E-state index contributed by atoms with van der Waals surface area (Å²) in [5, 5.41) is 15.7. The summed E-state index contributed by atoms with van der Waals surface area (Å²) in [6, 6.07) is 13.1. The van der Waals surface area contributed by atoms with Crippen LogP contribution in [0.2, 0.25) is 0 Å². The second-order valence-corrected chi connectivity index (χ2v) is 17.6. The second kappa shape index (κ2) is 16.5. The molecule has 2 N–H and O–H groups in total. The van der Waals surface area contributed by atoms with Crippen molar-refractivity contribution < 1.29 is 23.9 Å². The average molecular weight is 828 g/mol. The highest BCUT2D eigenvalue weighted by atomic mass is 16.5. The maximum atomic E-state index is 13.6. The molecule has 2 aromatic carbocycles. The van der Waals surface area contributed by atoms with E-state index in [4.69, 9.17) is 9.84 Å².